The lowest BCUT2D eigenvalue weighted by molar-refractivity contribution is -0.138. The fraction of sp³-hybridized carbons (Fsp3) is 0.412. The van der Waals surface area contributed by atoms with E-state index in [0.717, 1.165) is 16.0 Å². The van der Waals surface area contributed by atoms with Crippen LogP contribution in [0.15, 0.2) is 66.7 Å². The topological polar surface area (TPSA) is 86.8 Å². The fourth-order valence-electron chi connectivity index (χ4n) is 5.95. The molecule has 2 fully saturated rings. The number of hydrogen-bond acceptors (Lipinski definition) is 5. The van der Waals surface area contributed by atoms with Crippen LogP contribution >= 0.6 is 11.3 Å². The molecular weight excluding hydrogens is 546 g/mol. The van der Waals surface area contributed by atoms with Gasteiger partial charge in [-0.15, -0.1) is 11.3 Å². The Labute approximate surface area is 251 Å². The number of likely N-dealkylation sites (tertiary alicyclic amines) is 2. The van der Waals surface area contributed by atoms with Gasteiger partial charge in [-0.05, 0) is 59.6 Å². The molecule has 0 bridgehead atoms. The Morgan fingerprint density at radius 3 is 2.29 bits per heavy atom. The van der Waals surface area contributed by atoms with Crippen LogP contribution in [0.1, 0.15) is 73.1 Å². The highest BCUT2D eigenvalue weighted by Crippen LogP contribution is 2.34. The summed E-state index contributed by atoms with van der Waals surface area (Å²) in [5.74, 6) is -0.738. The fourth-order valence-corrected chi connectivity index (χ4v) is 6.91. The number of carbonyl (C=O) groups is 4. The number of thiophene rings is 1. The van der Waals surface area contributed by atoms with Crippen molar-refractivity contribution in [2.24, 2.45) is 5.92 Å². The maximum Gasteiger partial charge on any atom is 0.264 e. The maximum absolute atomic E-state index is 13.9. The number of rotatable bonds is 7. The van der Waals surface area contributed by atoms with Crippen LogP contribution in [-0.2, 0) is 15.0 Å². The van der Waals surface area contributed by atoms with Gasteiger partial charge in [0.25, 0.3) is 11.8 Å². The second-order valence-electron chi connectivity index (χ2n) is 12.7. The predicted octanol–water partition coefficient (Wildman–Crippen LogP) is 5.55. The van der Waals surface area contributed by atoms with Crippen molar-refractivity contribution in [3.8, 4) is 10.4 Å². The molecular formula is C34H39N3O4S. The van der Waals surface area contributed by atoms with Crippen molar-refractivity contribution < 1.29 is 19.2 Å². The van der Waals surface area contributed by atoms with E-state index in [1.165, 1.54) is 11.3 Å². The monoisotopic (exact) mass is 585 g/mol. The Morgan fingerprint density at radius 2 is 1.64 bits per heavy atom. The van der Waals surface area contributed by atoms with Gasteiger partial charge in [-0.1, -0.05) is 77.1 Å². The van der Waals surface area contributed by atoms with Gasteiger partial charge < -0.3 is 15.1 Å². The highest BCUT2D eigenvalue weighted by Gasteiger charge is 2.52. The number of hydrogen-bond donors (Lipinski definition) is 1. The molecule has 2 saturated heterocycles. The van der Waals surface area contributed by atoms with E-state index in [1.54, 1.807) is 21.9 Å². The lowest BCUT2D eigenvalue weighted by atomic mass is 9.86. The van der Waals surface area contributed by atoms with Crippen molar-refractivity contribution in [3.05, 3.63) is 82.7 Å². The molecule has 3 aromatic rings. The normalized spacial score (nSPS) is 19.2. The van der Waals surface area contributed by atoms with Crippen LogP contribution in [0, 0.1) is 5.92 Å². The molecule has 7 nitrogen and oxygen atoms in total. The molecule has 5 rings (SSSR count). The van der Waals surface area contributed by atoms with E-state index in [4.69, 9.17) is 0 Å². The van der Waals surface area contributed by atoms with Crippen molar-refractivity contribution in [1.29, 1.82) is 0 Å². The van der Waals surface area contributed by atoms with Crippen molar-refractivity contribution in [1.82, 2.24) is 15.1 Å². The summed E-state index contributed by atoms with van der Waals surface area (Å²) in [4.78, 5) is 58.7. The van der Waals surface area contributed by atoms with E-state index in [2.05, 4.69) is 26.1 Å². The lowest BCUT2D eigenvalue weighted by Gasteiger charge is -2.29. The highest BCUT2D eigenvalue weighted by molar-refractivity contribution is 7.17. The minimum Gasteiger partial charge on any atom is -0.340 e. The average molecular weight is 586 g/mol. The van der Waals surface area contributed by atoms with Crippen LogP contribution in [0.25, 0.3) is 10.4 Å². The third-order valence-electron chi connectivity index (χ3n) is 8.17. The molecule has 0 aliphatic carbocycles. The molecule has 8 heteroatoms. The summed E-state index contributed by atoms with van der Waals surface area (Å²) in [6.45, 7) is 10.7. The summed E-state index contributed by atoms with van der Waals surface area (Å²) < 4.78 is 0. The second kappa shape index (κ2) is 11.8. The minimum absolute atomic E-state index is 0.0160. The standard InChI is InChI=1S/C34H39N3O4S/c1-21(2)19-25(35-31(39)23-11-13-24(14-12-23)34(3,4)5)32(40)36-18-17-26-30(36)27(38)20-37(26)33(41)29-16-15-28(42-29)22-9-7-6-8-10-22/h6-16,21,25-26,30H,17-20H2,1-5H3,(H,35,39)/t25-,26?,30-/m0/s1. The number of nitrogens with zero attached hydrogens (tertiary/aromatic N) is 2. The molecule has 0 saturated carbocycles. The quantitative estimate of drug-likeness (QED) is 0.394. The Morgan fingerprint density at radius 1 is 0.952 bits per heavy atom. The number of benzene rings is 2. The molecule has 0 spiro atoms. The Bertz CT molecular complexity index is 1470. The molecule has 2 aromatic carbocycles. The summed E-state index contributed by atoms with van der Waals surface area (Å²) in [5, 5.41) is 2.95. The zero-order valence-corrected chi connectivity index (χ0v) is 25.7. The van der Waals surface area contributed by atoms with Crippen LogP contribution < -0.4 is 5.32 Å². The van der Waals surface area contributed by atoms with E-state index in [0.29, 0.717) is 29.8 Å². The molecule has 1 N–H and O–H groups in total. The summed E-state index contributed by atoms with van der Waals surface area (Å²) >= 11 is 1.41. The highest BCUT2D eigenvalue weighted by atomic mass is 32.1. The van der Waals surface area contributed by atoms with Crippen LogP contribution in [0.5, 0.6) is 0 Å². The molecule has 0 radical (unpaired) electrons. The van der Waals surface area contributed by atoms with E-state index in [-0.39, 0.29) is 47.4 Å². The summed E-state index contributed by atoms with van der Waals surface area (Å²) in [7, 11) is 0. The number of carbonyl (C=O) groups excluding carboxylic acids is 4. The summed E-state index contributed by atoms with van der Waals surface area (Å²) in [6.07, 6.45) is 0.980. The van der Waals surface area contributed by atoms with Crippen LogP contribution in [-0.4, -0.2) is 64.5 Å². The van der Waals surface area contributed by atoms with Crippen molar-refractivity contribution in [2.75, 3.05) is 13.1 Å². The molecule has 1 aromatic heterocycles. The summed E-state index contributed by atoms with van der Waals surface area (Å²) in [6, 6.07) is 19.3. The van der Waals surface area contributed by atoms with Crippen molar-refractivity contribution in [2.45, 2.75) is 71.0 Å². The Balaban J connectivity index is 1.30. The third-order valence-corrected chi connectivity index (χ3v) is 9.29. The first-order valence-electron chi connectivity index (χ1n) is 14.6. The first kappa shape index (κ1) is 29.7. The SMILES string of the molecule is CC(C)C[C@H](NC(=O)c1ccc(C(C)(C)C)cc1)C(=O)N1CCC2[C@H]1C(=O)CN2C(=O)c1ccc(-c2ccccc2)s1. The number of amides is 3. The number of Topliss-reactive ketones (excluding diaryl/α,β-unsaturated/α-hetero) is 1. The summed E-state index contributed by atoms with van der Waals surface area (Å²) in [5.41, 5.74) is 2.62. The maximum atomic E-state index is 13.9. The van der Waals surface area contributed by atoms with Gasteiger partial charge in [-0.2, -0.15) is 0 Å². The number of nitrogens with one attached hydrogen (secondary N) is 1. The van der Waals surface area contributed by atoms with Gasteiger partial charge in [0.1, 0.15) is 12.1 Å². The molecule has 3 atom stereocenters. The lowest BCUT2D eigenvalue weighted by Crippen LogP contribution is -2.53. The average Bonchev–Trinajstić information content (AvgIpc) is 3.69. The van der Waals surface area contributed by atoms with Gasteiger partial charge in [-0.25, -0.2) is 0 Å². The van der Waals surface area contributed by atoms with Crippen LogP contribution in [0.2, 0.25) is 0 Å². The molecule has 42 heavy (non-hydrogen) atoms. The number of ketones is 1. The van der Waals surface area contributed by atoms with Gasteiger partial charge in [-0.3, -0.25) is 19.2 Å². The van der Waals surface area contributed by atoms with E-state index in [9.17, 15) is 19.2 Å². The first-order chi connectivity index (χ1) is 19.9. The molecule has 1 unspecified atom stereocenters. The number of fused-ring (bicyclic) bond motifs is 1. The van der Waals surface area contributed by atoms with Gasteiger partial charge in [0, 0.05) is 17.0 Å². The molecule has 3 heterocycles. The third kappa shape index (κ3) is 6.04. The van der Waals surface area contributed by atoms with Gasteiger partial charge in [0.15, 0.2) is 5.78 Å². The van der Waals surface area contributed by atoms with Crippen molar-refractivity contribution >= 4 is 34.8 Å². The van der Waals surface area contributed by atoms with E-state index in [1.807, 2.05) is 68.4 Å². The molecule has 2 aliphatic heterocycles. The molecule has 2 aliphatic rings. The zero-order chi connectivity index (χ0) is 30.2. The van der Waals surface area contributed by atoms with Crippen LogP contribution in [0.3, 0.4) is 0 Å². The Hall–Kier alpha value is -3.78. The largest absolute Gasteiger partial charge is 0.340 e. The van der Waals surface area contributed by atoms with Gasteiger partial charge >= 0.3 is 0 Å². The minimum atomic E-state index is -0.762. The Kier molecular flexibility index (Phi) is 8.37. The second-order valence-corrected chi connectivity index (χ2v) is 13.8. The zero-order valence-electron chi connectivity index (χ0n) is 24.9. The molecule has 3 amide bonds. The smallest absolute Gasteiger partial charge is 0.264 e. The van der Waals surface area contributed by atoms with E-state index >= 15 is 0 Å². The van der Waals surface area contributed by atoms with Gasteiger partial charge in [0.2, 0.25) is 5.91 Å². The first-order valence-corrected chi connectivity index (χ1v) is 15.5. The molecule has 220 valence electrons. The predicted molar refractivity (Wildman–Crippen MR) is 166 cm³/mol. The van der Waals surface area contributed by atoms with Crippen molar-refractivity contribution in [3.63, 3.8) is 0 Å². The van der Waals surface area contributed by atoms with E-state index < -0.39 is 12.1 Å². The van der Waals surface area contributed by atoms with Crippen LogP contribution in [0.4, 0.5) is 0 Å². The van der Waals surface area contributed by atoms with Gasteiger partial charge in [0.05, 0.1) is 17.5 Å².